The molecule has 0 bridgehead atoms. The van der Waals surface area contributed by atoms with Crippen LogP contribution in [0.1, 0.15) is 26.2 Å². The number of methoxy groups -OCH3 is 1. The van der Waals surface area contributed by atoms with Gasteiger partial charge in [0.25, 0.3) is 0 Å². The predicted molar refractivity (Wildman–Crippen MR) is 53.7 cm³/mol. The largest absolute Gasteiger partial charge is 0.493 e. The lowest BCUT2D eigenvalue weighted by atomic mass is 10.2. The van der Waals surface area contributed by atoms with Crippen molar-refractivity contribution in [3.63, 3.8) is 0 Å². The maximum atomic E-state index is 11.3. The van der Waals surface area contributed by atoms with Crippen LogP contribution < -0.4 is 0 Å². The van der Waals surface area contributed by atoms with Crippen molar-refractivity contribution in [2.24, 2.45) is 0 Å². The van der Waals surface area contributed by atoms with Gasteiger partial charge in [0.1, 0.15) is 12.4 Å². The summed E-state index contributed by atoms with van der Waals surface area (Å²) in [7, 11) is 1.40. The van der Waals surface area contributed by atoms with Gasteiger partial charge in [-0.2, -0.15) is 0 Å². The highest BCUT2D eigenvalue weighted by molar-refractivity contribution is 5.89. The molecule has 3 nitrogen and oxygen atoms in total. The Kier molecular flexibility index (Phi) is 4.23. The molecule has 1 rings (SSSR count). The lowest BCUT2D eigenvalue weighted by Crippen LogP contribution is -2.05. The monoisotopic (exact) mass is 196 g/mol. The molecule has 14 heavy (non-hydrogen) atoms. The Morgan fingerprint density at radius 1 is 1.50 bits per heavy atom. The van der Waals surface area contributed by atoms with Crippen LogP contribution in [0.4, 0.5) is 0 Å². The predicted octanol–water partition coefficient (Wildman–Crippen LogP) is 2.19. The first-order chi connectivity index (χ1) is 6.79. The topological polar surface area (TPSA) is 35.5 Å². The number of carbonyl (C=O) groups is 1. The number of ether oxygens (including phenoxy) is 2. The van der Waals surface area contributed by atoms with Crippen molar-refractivity contribution in [2.75, 3.05) is 13.7 Å². The highest BCUT2D eigenvalue weighted by atomic mass is 16.5. The molecule has 3 heteroatoms. The SMILES string of the molecule is C/C=C\COC1=C(C(=O)OC)CCC1. The van der Waals surface area contributed by atoms with Crippen LogP contribution in [0.15, 0.2) is 23.5 Å². The van der Waals surface area contributed by atoms with Gasteiger partial charge in [0.15, 0.2) is 0 Å². The Hall–Kier alpha value is -1.25. The molecule has 0 aromatic carbocycles. The van der Waals surface area contributed by atoms with E-state index in [2.05, 4.69) is 4.74 Å². The van der Waals surface area contributed by atoms with Crippen LogP contribution in [0.2, 0.25) is 0 Å². The van der Waals surface area contributed by atoms with Gasteiger partial charge in [0.2, 0.25) is 0 Å². The Bertz CT molecular complexity index is 264. The second-order valence-corrected chi connectivity index (χ2v) is 3.13. The van der Waals surface area contributed by atoms with Gasteiger partial charge < -0.3 is 9.47 Å². The smallest absolute Gasteiger partial charge is 0.337 e. The summed E-state index contributed by atoms with van der Waals surface area (Å²) in [6, 6.07) is 0. The van der Waals surface area contributed by atoms with Crippen molar-refractivity contribution in [2.45, 2.75) is 26.2 Å². The van der Waals surface area contributed by atoms with Gasteiger partial charge in [0, 0.05) is 6.42 Å². The Labute approximate surface area is 84.4 Å². The highest BCUT2D eigenvalue weighted by Gasteiger charge is 2.22. The fourth-order valence-electron chi connectivity index (χ4n) is 1.46. The molecule has 1 aliphatic rings. The Balaban J connectivity index is 2.58. The number of carbonyl (C=O) groups excluding carboxylic acids is 1. The van der Waals surface area contributed by atoms with Crippen LogP contribution in [-0.4, -0.2) is 19.7 Å². The van der Waals surface area contributed by atoms with Crippen LogP contribution in [0.25, 0.3) is 0 Å². The molecule has 0 N–H and O–H groups in total. The van der Waals surface area contributed by atoms with Gasteiger partial charge in [-0.1, -0.05) is 12.2 Å². The molecule has 78 valence electrons. The number of allylic oxidation sites excluding steroid dienone is 2. The summed E-state index contributed by atoms with van der Waals surface area (Å²) in [5, 5.41) is 0. The Morgan fingerprint density at radius 3 is 2.93 bits per heavy atom. The highest BCUT2D eigenvalue weighted by Crippen LogP contribution is 2.27. The molecule has 0 aromatic rings. The number of hydrogen-bond acceptors (Lipinski definition) is 3. The van der Waals surface area contributed by atoms with Crippen molar-refractivity contribution in [3.05, 3.63) is 23.5 Å². The first kappa shape index (κ1) is 10.8. The first-order valence-corrected chi connectivity index (χ1v) is 4.84. The summed E-state index contributed by atoms with van der Waals surface area (Å²) in [6.07, 6.45) is 6.45. The Morgan fingerprint density at radius 2 is 2.29 bits per heavy atom. The van der Waals surface area contributed by atoms with E-state index in [0.717, 1.165) is 25.0 Å². The normalized spacial score (nSPS) is 16.4. The van der Waals surface area contributed by atoms with E-state index in [9.17, 15) is 4.79 Å². The van der Waals surface area contributed by atoms with E-state index in [-0.39, 0.29) is 5.97 Å². The van der Waals surface area contributed by atoms with Crippen molar-refractivity contribution < 1.29 is 14.3 Å². The number of esters is 1. The molecule has 0 spiro atoms. The van der Waals surface area contributed by atoms with E-state index in [4.69, 9.17) is 4.74 Å². The van der Waals surface area contributed by atoms with Crippen LogP contribution in [0.3, 0.4) is 0 Å². The first-order valence-electron chi connectivity index (χ1n) is 4.84. The fourth-order valence-corrected chi connectivity index (χ4v) is 1.46. The summed E-state index contributed by atoms with van der Waals surface area (Å²) in [4.78, 5) is 11.3. The zero-order valence-corrected chi connectivity index (χ0v) is 8.71. The van der Waals surface area contributed by atoms with Gasteiger partial charge in [0.05, 0.1) is 12.7 Å². The van der Waals surface area contributed by atoms with Crippen molar-refractivity contribution >= 4 is 5.97 Å². The molecule has 0 saturated heterocycles. The van der Waals surface area contributed by atoms with Gasteiger partial charge in [-0.25, -0.2) is 4.79 Å². The van der Waals surface area contributed by atoms with E-state index >= 15 is 0 Å². The van der Waals surface area contributed by atoms with E-state index < -0.39 is 0 Å². The third-order valence-corrected chi connectivity index (χ3v) is 2.19. The van der Waals surface area contributed by atoms with E-state index in [1.807, 2.05) is 19.1 Å². The molecule has 0 radical (unpaired) electrons. The zero-order valence-electron chi connectivity index (χ0n) is 8.71. The van der Waals surface area contributed by atoms with Gasteiger partial charge in [-0.15, -0.1) is 0 Å². The molecule has 0 unspecified atom stereocenters. The summed E-state index contributed by atoms with van der Waals surface area (Å²) >= 11 is 0. The minimum Gasteiger partial charge on any atom is -0.493 e. The van der Waals surface area contributed by atoms with Crippen molar-refractivity contribution in [1.82, 2.24) is 0 Å². The standard InChI is InChI=1S/C11H16O3/c1-3-4-8-14-10-7-5-6-9(10)11(12)13-2/h3-4H,5-8H2,1-2H3/b4-3-. The summed E-state index contributed by atoms with van der Waals surface area (Å²) in [6.45, 7) is 2.47. The molecule has 0 aromatic heterocycles. The molecular weight excluding hydrogens is 180 g/mol. The third kappa shape index (κ3) is 2.62. The average Bonchev–Trinajstić information content (AvgIpc) is 2.65. The second-order valence-electron chi connectivity index (χ2n) is 3.13. The van der Waals surface area contributed by atoms with Crippen LogP contribution in [-0.2, 0) is 14.3 Å². The molecular formula is C11H16O3. The summed E-state index contributed by atoms with van der Waals surface area (Å²) in [5.41, 5.74) is 0.706. The van der Waals surface area contributed by atoms with Gasteiger partial charge in [-0.05, 0) is 19.8 Å². The number of hydrogen-bond donors (Lipinski definition) is 0. The maximum absolute atomic E-state index is 11.3. The van der Waals surface area contributed by atoms with E-state index in [1.165, 1.54) is 7.11 Å². The van der Waals surface area contributed by atoms with Gasteiger partial charge >= 0.3 is 5.97 Å². The van der Waals surface area contributed by atoms with E-state index in [1.54, 1.807) is 0 Å². The zero-order chi connectivity index (χ0) is 10.4. The molecule has 0 atom stereocenters. The third-order valence-electron chi connectivity index (χ3n) is 2.19. The molecule has 0 aliphatic heterocycles. The summed E-state index contributed by atoms with van der Waals surface area (Å²) in [5.74, 6) is 0.549. The molecule has 0 fully saturated rings. The second kappa shape index (κ2) is 5.47. The van der Waals surface area contributed by atoms with Crippen molar-refractivity contribution in [3.8, 4) is 0 Å². The minimum atomic E-state index is -0.252. The van der Waals surface area contributed by atoms with Crippen LogP contribution in [0.5, 0.6) is 0 Å². The molecule has 0 heterocycles. The lowest BCUT2D eigenvalue weighted by molar-refractivity contribution is -0.136. The fraction of sp³-hybridized carbons (Fsp3) is 0.545. The summed E-state index contributed by atoms with van der Waals surface area (Å²) < 4.78 is 10.1. The maximum Gasteiger partial charge on any atom is 0.337 e. The van der Waals surface area contributed by atoms with Gasteiger partial charge in [-0.3, -0.25) is 0 Å². The molecule has 0 saturated carbocycles. The lowest BCUT2D eigenvalue weighted by Gasteiger charge is -2.06. The molecule has 0 amide bonds. The van der Waals surface area contributed by atoms with Crippen LogP contribution in [0, 0.1) is 0 Å². The quantitative estimate of drug-likeness (QED) is 0.510. The van der Waals surface area contributed by atoms with Crippen LogP contribution >= 0.6 is 0 Å². The minimum absolute atomic E-state index is 0.252. The van der Waals surface area contributed by atoms with E-state index in [0.29, 0.717) is 12.2 Å². The average molecular weight is 196 g/mol. The molecule has 1 aliphatic carbocycles. The number of rotatable bonds is 4. The van der Waals surface area contributed by atoms with Crippen molar-refractivity contribution in [1.29, 1.82) is 0 Å².